The van der Waals surface area contributed by atoms with Crippen LogP contribution in [0, 0.1) is 50.2 Å². The molecule has 0 amide bonds. The van der Waals surface area contributed by atoms with Crippen molar-refractivity contribution >= 4 is 11.9 Å². The number of rotatable bonds is 5. The Kier molecular flexibility index (Phi) is 8.55. The van der Waals surface area contributed by atoms with Crippen LogP contribution in [0.4, 0.5) is 0 Å². The fraction of sp³-hybridized carbons (Fsp3) is 0.892. The molecule has 0 unspecified atom stereocenters. The van der Waals surface area contributed by atoms with Gasteiger partial charge in [-0.25, -0.2) is 4.79 Å². The lowest BCUT2D eigenvalue weighted by atomic mass is 9.32. The molecule has 5 aliphatic carbocycles. The summed E-state index contributed by atoms with van der Waals surface area (Å²) in [6.07, 6.45) is 1.09. The number of carbonyl (C=O) groups is 2. The zero-order chi connectivity index (χ0) is 34.6. The van der Waals surface area contributed by atoms with Crippen molar-refractivity contribution in [3.8, 4) is 0 Å². The second-order valence-corrected chi connectivity index (χ2v) is 17.9. The lowest BCUT2D eigenvalue weighted by Gasteiger charge is -2.73. The van der Waals surface area contributed by atoms with Crippen LogP contribution in [0.1, 0.15) is 114 Å². The first-order valence-electron chi connectivity index (χ1n) is 17.5. The van der Waals surface area contributed by atoms with Crippen LogP contribution in [0.5, 0.6) is 0 Å². The summed E-state index contributed by atoms with van der Waals surface area (Å²) in [6.45, 7) is 18.7. The number of allylic oxidation sites excluding steroid dienone is 1. The Labute approximate surface area is 275 Å². The van der Waals surface area contributed by atoms with Crippen molar-refractivity contribution in [2.45, 2.75) is 150 Å². The van der Waals surface area contributed by atoms with Crippen molar-refractivity contribution in [1.29, 1.82) is 0 Å². The Morgan fingerprint density at radius 1 is 0.935 bits per heavy atom. The van der Waals surface area contributed by atoms with E-state index in [0.29, 0.717) is 12.3 Å². The topological polar surface area (TPSA) is 154 Å². The van der Waals surface area contributed by atoms with Gasteiger partial charge in [0, 0.05) is 17.8 Å². The van der Waals surface area contributed by atoms with E-state index >= 15 is 0 Å². The number of hydrogen-bond acceptors (Lipinski definition) is 9. The average molecular weight is 649 g/mol. The lowest BCUT2D eigenvalue weighted by molar-refractivity contribution is -0.291. The zero-order valence-corrected chi connectivity index (χ0v) is 29.7. The van der Waals surface area contributed by atoms with Gasteiger partial charge in [0.1, 0.15) is 12.2 Å². The van der Waals surface area contributed by atoms with Gasteiger partial charge in [-0.3, -0.25) is 4.79 Å². The Morgan fingerprint density at radius 2 is 1.57 bits per heavy atom. The fourth-order valence-corrected chi connectivity index (χ4v) is 12.0. The maximum atomic E-state index is 13.5. The summed E-state index contributed by atoms with van der Waals surface area (Å²) in [5.74, 6) is -1.41. The smallest absolute Gasteiger partial charge is 0.350 e. The second kappa shape index (κ2) is 11.0. The molecule has 5 rings (SSSR count). The first-order chi connectivity index (χ1) is 21.1. The third-order valence-corrected chi connectivity index (χ3v) is 15.2. The largest absolute Gasteiger partial charge is 0.456 e. The van der Waals surface area contributed by atoms with Gasteiger partial charge in [0.15, 0.2) is 0 Å². The van der Waals surface area contributed by atoms with Gasteiger partial charge in [0.2, 0.25) is 5.60 Å². The Morgan fingerprint density at radius 3 is 2.13 bits per heavy atom. The van der Waals surface area contributed by atoms with Gasteiger partial charge in [-0.1, -0.05) is 67.0 Å². The molecule has 13 atom stereocenters. The quantitative estimate of drug-likeness (QED) is 0.217. The first kappa shape index (κ1) is 35.8. The highest BCUT2D eigenvalue weighted by Crippen LogP contribution is 2.75. The summed E-state index contributed by atoms with van der Waals surface area (Å²) >= 11 is 0. The summed E-state index contributed by atoms with van der Waals surface area (Å²) in [5.41, 5.74) is -4.53. The van der Waals surface area contributed by atoms with E-state index in [2.05, 4.69) is 40.7 Å². The molecule has 4 fully saturated rings. The monoisotopic (exact) mass is 648 g/mol. The normalized spacial score (nSPS) is 48.7. The highest BCUT2D eigenvalue weighted by atomic mass is 16.6. The molecular weight excluding hydrogens is 588 g/mol. The number of hydrogen-bond donors (Lipinski definition) is 5. The van der Waals surface area contributed by atoms with Gasteiger partial charge < -0.3 is 35.0 Å². The zero-order valence-electron chi connectivity index (χ0n) is 29.7. The number of fused-ring (bicyclic) bond motifs is 7. The van der Waals surface area contributed by atoms with E-state index in [9.17, 15) is 35.1 Å². The maximum Gasteiger partial charge on any atom is 0.350 e. The van der Waals surface area contributed by atoms with E-state index in [1.54, 1.807) is 6.92 Å². The minimum atomic E-state index is -1.59. The molecule has 0 aromatic rings. The number of carbonyl (C=O) groups excluding carboxylic acids is 2. The SMILES string of the molecule is CC[C@](C)(OC(C)=O)C(=O)O[C@H]1[C@H](O)[C@]2(CO)[C@H](O)[C@H](O)[C@]3(C)C(=CC[C@@H]4[C@@]5(C)CC[C@H](O)C(C)(C)[C@@H]5CC[C@]43C)[C@@H]2CC1(C)C. The first-order valence-corrected chi connectivity index (χ1v) is 17.5. The van der Waals surface area contributed by atoms with Crippen LogP contribution in [0.2, 0.25) is 0 Å². The number of aliphatic hydroxyl groups excluding tert-OH is 5. The van der Waals surface area contributed by atoms with Crippen LogP contribution < -0.4 is 0 Å². The van der Waals surface area contributed by atoms with E-state index in [4.69, 9.17) is 9.47 Å². The Bertz CT molecular complexity index is 1280. The van der Waals surface area contributed by atoms with Crippen molar-refractivity contribution in [3.05, 3.63) is 11.6 Å². The van der Waals surface area contributed by atoms with Crippen LogP contribution in [-0.4, -0.2) is 80.2 Å². The lowest BCUT2D eigenvalue weighted by Crippen LogP contribution is -2.76. The molecule has 0 aromatic heterocycles. The van der Waals surface area contributed by atoms with Crippen molar-refractivity contribution in [2.75, 3.05) is 6.61 Å². The van der Waals surface area contributed by atoms with Gasteiger partial charge in [-0.05, 0) is 85.9 Å². The van der Waals surface area contributed by atoms with Crippen molar-refractivity contribution in [1.82, 2.24) is 0 Å². The number of ether oxygens (including phenoxy) is 2. The summed E-state index contributed by atoms with van der Waals surface area (Å²) in [7, 11) is 0. The van der Waals surface area contributed by atoms with Crippen LogP contribution in [-0.2, 0) is 19.1 Å². The Hall–Kier alpha value is -1.52. The predicted molar refractivity (Wildman–Crippen MR) is 172 cm³/mol. The number of esters is 2. The highest BCUT2D eigenvalue weighted by Gasteiger charge is 2.75. The van der Waals surface area contributed by atoms with E-state index in [1.165, 1.54) is 13.8 Å². The number of aliphatic hydroxyl groups is 5. The molecule has 0 bridgehead atoms. The summed E-state index contributed by atoms with van der Waals surface area (Å²) in [5, 5.41) is 58.9. The second-order valence-electron chi connectivity index (χ2n) is 17.9. The van der Waals surface area contributed by atoms with E-state index < -0.39 is 76.1 Å². The minimum absolute atomic E-state index is 0.0739. The van der Waals surface area contributed by atoms with E-state index in [-0.39, 0.29) is 29.3 Å². The van der Waals surface area contributed by atoms with Crippen molar-refractivity contribution in [3.63, 3.8) is 0 Å². The van der Waals surface area contributed by atoms with Gasteiger partial charge in [-0.2, -0.15) is 0 Å². The molecule has 9 nitrogen and oxygen atoms in total. The molecule has 4 saturated carbocycles. The molecule has 0 heterocycles. The van der Waals surface area contributed by atoms with Crippen LogP contribution in [0.25, 0.3) is 0 Å². The van der Waals surface area contributed by atoms with Crippen molar-refractivity contribution < 1.29 is 44.6 Å². The molecular formula is C37H60O9. The van der Waals surface area contributed by atoms with Gasteiger partial charge >= 0.3 is 11.9 Å². The summed E-state index contributed by atoms with van der Waals surface area (Å²) in [4.78, 5) is 25.3. The molecule has 0 aromatic carbocycles. The predicted octanol–water partition coefficient (Wildman–Crippen LogP) is 4.31. The molecule has 0 spiro atoms. The third kappa shape index (κ3) is 4.43. The van der Waals surface area contributed by atoms with E-state index in [0.717, 1.165) is 37.7 Å². The van der Waals surface area contributed by atoms with Gasteiger partial charge in [0.25, 0.3) is 0 Å². The molecule has 0 saturated heterocycles. The molecule has 0 radical (unpaired) electrons. The maximum absolute atomic E-state index is 13.5. The summed E-state index contributed by atoms with van der Waals surface area (Å²) < 4.78 is 11.3. The molecule has 9 heteroatoms. The van der Waals surface area contributed by atoms with Crippen LogP contribution >= 0.6 is 0 Å². The van der Waals surface area contributed by atoms with Gasteiger partial charge in [0.05, 0.1) is 30.3 Å². The van der Waals surface area contributed by atoms with Crippen LogP contribution in [0.3, 0.4) is 0 Å². The average Bonchev–Trinajstić information content (AvgIpc) is 2.96. The fourth-order valence-electron chi connectivity index (χ4n) is 12.0. The van der Waals surface area contributed by atoms with E-state index in [1.807, 2.05) is 13.8 Å². The van der Waals surface area contributed by atoms with Crippen molar-refractivity contribution in [2.24, 2.45) is 50.2 Å². The highest BCUT2D eigenvalue weighted by molar-refractivity contribution is 5.82. The third-order valence-electron chi connectivity index (χ3n) is 15.2. The Balaban J connectivity index is 1.58. The molecule has 5 aliphatic rings. The van der Waals surface area contributed by atoms with Crippen LogP contribution in [0.15, 0.2) is 11.6 Å². The van der Waals surface area contributed by atoms with Gasteiger partial charge in [-0.15, -0.1) is 0 Å². The standard InChI is InChI=1S/C37H60O9/c1-11-35(9,46-20(2)39)30(44)45-29-28(43)37(19-38)22(18-31(29,3)4)21-12-13-24-33(7)16-15-25(40)32(5,6)23(33)14-17-34(24,8)36(21,10)26(41)27(37)42/h12,22-29,38,40-43H,11,13-19H2,1-10H3/t22-,23-,24+,25-,26-,27+,28-,29-,33-,34+,35-,36-,37-/m0/s1. The molecule has 5 N–H and O–H groups in total. The molecule has 46 heavy (non-hydrogen) atoms. The molecule has 262 valence electrons. The molecule has 0 aliphatic heterocycles. The summed E-state index contributed by atoms with van der Waals surface area (Å²) in [6, 6.07) is 0. The minimum Gasteiger partial charge on any atom is -0.456 e.